The van der Waals surface area contributed by atoms with E-state index in [1.54, 1.807) is 6.20 Å². The fourth-order valence-electron chi connectivity index (χ4n) is 3.34. The summed E-state index contributed by atoms with van der Waals surface area (Å²) >= 11 is 6.07. The standard InChI is InChI=1S/C19H12ClN3/c20-11-12-9-16-13-5-1-2-6-14(13)19-18(15-7-3-4-8-21-15)22-17(10-12)23(16)19/h1-10H,11H2. The molecule has 0 radical (unpaired) electrons. The van der Waals surface area contributed by atoms with Crippen LogP contribution in [0, 0.1) is 0 Å². The molecular weight excluding hydrogens is 306 g/mol. The zero-order valence-corrected chi connectivity index (χ0v) is 13.0. The Morgan fingerprint density at radius 3 is 2.57 bits per heavy atom. The van der Waals surface area contributed by atoms with Gasteiger partial charge in [0.15, 0.2) is 0 Å². The van der Waals surface area contributed by atoms with Crippen LogP contribution in [0.3, 0.4) is 0 Å². The third kappa shape index (κ3) is 1.71. The second-order valence-electron chi connectivity index (χ2n) is 5.65. The first-order valence-corrected chi connectivity index (χ1v) is 8.03. The van der Waals surface area contributed by atoms with Crippen molar-refractivity contribution >= 4 is 39.1 Å². The maximum Gasteiger partial charge on any atom is 0.138 e. The van der Waals surface area contributed by atoms with Crippen LogP contribution in [-0.4, -0.2) is 14.4 Å². The van der Waals surface area contributed by atoms with Gasteiger partial charge in [-0.1, -0.05) is 30.3 Å². The Balaban J connectivity index is 2.04. The van der Waals surface area contributed by atoms with E-state index in [4.69, 9.17) is 16.6 Å². The van der Waals surface area contributed by atoms with Gasteiger partial charge in [0.2, 0.25) is 0 Å². The number of hydrogen-bond acceptors (Lipinski definition) is 2. The van der Waals surface area contributed by atoms with E-state index in [0.717, 1.165) is 33.6 Å². The molecule has 0 unspecified atom stereocenters. The summed E-state index contributed by atoms with van der Waals surface area (Å²) in [4.78, 5) is 9.33. The molecule has 0 aliphatic carbocycles. The van der Waals surface area contributed by atoms with Crippen molar-refractivity contribution in [2.45, 2.75) is 5.88 Å². The van der Waals surface area contributed by atoms with Crippen molar-refractivity contribution in [1.82, 2.24) is 14.4 Å². The van der Waals surface area contributed by atoms with Gasteiger partial charge >= 0.3 is 0 Å². The minimum absolute atomic E-state index is 0.479. The van der Waals surface area contributed by atoms with Gasteiger partial charge < -0.3 is 0 Å². The van der Waals surface area contributed by atoms with E-state index in [2.05, 4.69) is 45.8 Å². The summed E-state index contributed by atoms with van der Waals surface area (Å²) in [5.41, 5.74) is 6.08. The Bertz CT molecular complexity index is 1150. The fraction of sp³-hybridized carbons (Fsp3) is 0.0526. The van der Waals surface area contributed by atoms with Crippen molar-refractivity contribution in [3.05, 3.63) is 66.4 Å². The Morgan fingerprint density at radius 2 is 1.78 bits per heavy atom. The third-order valence-corrected chi connectivity index (χ3v) is 4.61. The van der Waals surface area contributed by atoms with Crippen molar-refractivity contribution in [2.24, 2.45) is 0 Å². The van der Waals surface area contributed by atoms with Crippen molar-refractivity contribution in [3.63, 3.8) is 0 Å². The maximum absolute atomic E-state index is 6.07. The molecule has 0 aliphatic rings. The molecule has 0 fully saturated rings. The van der Waals surface area contributed by atoms with Crippen LogP contribution in [0.4, 0.5) is 0 Å². The van der Waals surface area contributed by atoms with Gasteiger partial charge in [-0.25, -0.2) is 4.98 Å². The second-order valence-corrected chi connectivity index (χ2v) is 5.91. The number of pyridine rings is 2. The SMILES string of the molecule is ClCc1cc2nc(-c3ccccn3)c3c4ccccc4c(c1)n23. The quantitative estimate of drug-likeness (QED) is 0.434. The summed E-state index contributed by atoms with van der Waals surface area (Å²) in [7, 11) is 0. The Kier molecular flexibility index (Phi) is 2.61. The van der Waals surface area contributed by atoms with Gasteiger partial charge in [-0.05, 0) is 29.8 Å². The number of aromatic nitrogens is 3. The first kappa shape index (κ1) is 12.9. The highest BCUT2D eigenvalue weighted by molar-refractivity contribution is 6.18. The second kappa shape index (κ2) is 4.67. The number of halogens is 1. The molecular formula is C19H12ClN3. The molecule has 5 aromatic rings. The predicted molar refractivity (Wildman–Crippen MR) is 94.2 cm³/mol. The van der Waals surface area contributed by atoms with Crippen molar-refractivity contribution in [3.8, 4) is 11.4 Å². The van der Waals surface area contributed by atoms with Crippen LogP contribution >= 0.6 is 11.6 Å². The minimum Gasteiger partial charge on any atom is -0.291 e. The smallest absolute Gasteiger partial charge is 0.138 e. The van der Waals surface area contributed by atoms with Gasteiger partial charge in [-0.2, -0.15) is 0 Å². The minimum atomic E-state index is 0.479. The Labute approximate surface area is 137 Å². The maximum atomic E-state index is 6.07. The van der Waals surface area contributed by atoms with E-state index in [0.29, 0.717) is 5.88 Å². The van der Waals surface area contributed by atoms with E-state index < -0.39 is 0 Å². The molecule has 0 N–H and O–H groups in total. The highest BCUT2D eigenvalue weighted by Gasteiger charge is 2.19. The van der Waals surface area contributed by atoms with Crippen LogP contribution in [-0.2, 0) is 5.88 Å². The lowest BCUT2D eigenvalue weighted by atomic mass is 10.1. The van der Waals surface area contributed by atoms with E-state index in [1.807, 2.05) is 18.2 Å². The van der Waals surface area contributed by atoms with Gasteiger partial charge in [0.25, 0.3) is 0 Å². The largest absolute Gasteiger partial charge is 0.291 e. The molecule has 5 rings (SSSR count). The molecule has 0 aliphatic heterocycles. The van der Waals surface area contributed by atoms with E-state index >= 15 is 0 Å². The molecule has 4 aromatic heterocycles. The molecule has 1 aromatic carbocycles. The summed E-state index contributed by atoms with van der Waals surface area (Å²) in [6.07, 6.45) is 1.80. The van der Waals surface area contributed by atoms with E-state index in [-0.39, 0.29) is 0 Å². The average Bonchev–Trinajstić information content (AvgIpc) is 3.16. The van der Waals surface area contributed by atoms with Crippen molar-refractivity contribution < 1.29 is 0 Å². The normalized spacial score (nSPS) is 11.9. The summed E-state index contributed by atoms with van der Waals surface area (Å²) in [5, 5.41) is 2.42. The number of benzene rings is 1. The molecule has 3 nitrogen and oxygen atoms in total. The topological polar surface area (TPSA) is 30.2 Å². The van der Waals surface area contributed by atoms with Crippen LogP contribution in [0.25, 0.3) is 38.8 Å². The van der Waals surface area contributed by atoms with Crippen molar-refractivity contribution in [2.75, 3.05) is 0 Å². The Hall–Kier alpha value is -2.65. The number of nitrogens with zero attached hydrogens (tertiary/aromatic N) is 3. The summed E-state index contributed by atoms with van der Waals surface area (Å²) in [6, 6.07) is 18.5. The summed E-state index contributed by atoms with van der Waals surface area (Å²) in [5.74, 6) is 0.479. The predicted octanol–water partition coefficient (Wildman–Crippen LogP) is 4.88. The molecule has 4 heterocycles. The Morgan fingerprint density at radius 1 is 0.957 bits per heavy atom. The zero-order valence-electron chi connectivity index (χ0n) is 12.2. The van der Waals surface area contributed by atoms with E-state index in [9.17, 15) is 0 Å². The van der Waals surface area contributed by atoms with Gasteiger partial charge in [-0.15, -0.1) is 11.6 Å². The number of fused-ring (bicyclic) bond motifs is 3. The third-order valence-electron chi connectivity index (χ3n) is 4.30. The molecule has 0 atom stereocenters. The fourth-order valence-corrected chi connectivity index (χ4v) is 3.50. The number of hydrogen-bond donors (Lipinski definition) is 0. The van der Waals surface area contributed by atoms with Crippen LogP contribution in [0.5, 0.6) is 0 Å². The van der Waals surface area contributed by atoms with Crippen LogP contribution in [0.2, 0.25) is 0 Å². The number of imidazole rings is 1. The molecule has 0 spiro atoms. The molecule has 4 heteroatoms. The number of alkyl halides is 1. The molecule has 0 bridgehead atoms. The van der Waals surface area contributed by atoms with Crippen molar-refractivity contribution in [1.29, 1.82) is 0 Å². The van der Waals surface area contributed by atoms with Crippen LogP contribution in [0.1, 0.15) is 5.56 Å². The highest BCUT2D eigenvalue weighted by Crippen LogP contribution is 2.36. The molecule has 23 heavy (non-hydrogen) atoms. The summed E-state index contributed by atoms with van der Waals surface area (Å²) in [6.45, 7) is 0. The van der Waals surface area contributed by atoms with E-state index in [1.165, 1.54) is 10.8 Å². The highest BCUT2D eigenvalue weighted by atomic mass is 35.5. The van der Waals surface area contributed by atoms with Crippen LogP contribution in [0.15, 0.2) is 60.8 Å². The van der Waals surface area contributed by atoms with Gasteiger partial charge in [0, 0.05) is 22.8 Å². The monoisotopic (exact) mass is 317 g/mol. The molecule has 0 saturated heterocycles. The van der Waals surface area contributed by atoms with Gasteiger partial charge in [-0.3, -0.25) is 9.38 Å². The lowest BCUT2D eigenvalue weighted by molar-refractivity contribution is 1.26. The molecule has 0 saturated carbocycles. The lowest BCUT2D eigenvalue weighted by Crippen LogP contribution is -1.86. The lowest BCUT2D eigenvalue weighted by Gasteiger charge is -1.99. The zero-order chi connectivity index (χ0) is 15.4. The van der Waals surface area contributed by atoms with Crippen LogP contribution < -0.4 is 0 Å². The molecule has 110 valence electrons. The van der Waals surface area contributed by atoms with Gasteiger partial charge in [0.05, 0.1) is 16.7 Å². The number of rotatable bonds is 2. The molecule has 0 amide bonds. The summed E-state index contributed by atoms with van der Waals surface area (Å²) < 4.78 is 2.21. The first-order valence-electron chi connectivity index (χ1n) is 7.49. The first-order chi connectivity index (χ1) is 11.4. The van der Waals surface area contributed by atoms with Gasteiger partial charge in [0.1, 0.15) is 11.3 Å². The average molecular weight is 318 g/mol.